The molecular formula is C27H29ClN4O4. The van der Waals surface area contributed by atoms with Gasteiger partial charge in [-0.25, -0.2) is 4.98 Å². The molecule has 1 aromatic heterocycles. The highest BCUT2D eigenvalue weighted by molar-refractivity contribution is 6.32. The van der Waals surface area contributed by atoms with Gasteiger partial charge in [-0.1, -0.05) is 49.7 Å². The van der Waals surface area contributed by atoms with Crippen molar-refractivity contribution in [1.29, 1.82) is 0 Å². The second-order valence-electron chi connectivity index (χ2n) is 8.70. The third-order valence-corrected chi connectivity index (χ3v) is 5.42. The molecule has 8 nitrogen and oxygen atoms in total. The van der Waals surface area contributed by atoms with E-state index in [2.05, 4.69) is 20.6 Å². The molecule has 3 N–H and O–H groups in total. The van der Waals surface area contributed by atoms with E-state index in [9.17, 15) is 14.4 Å². The molecule has 0 aliphatic carbocycles. The summed E-state index contributed by atoms with van der Waals surface area (Å²) in [4.78, 5) is 44.6. The maximum Gasteiger partial charge on any atom is 0.267 e. The Bertz CT molecular complexity index is 1340. The van der Waals surface area contributed by atoms with E-state index in [4.69, 9.17) is 16.3 Å². The van der Waals surface area contributed by atoms with Crippen LogP contribution in [0, 0.1) is 0 Å². The van der Waals surface area contributed by atoms with Crippen molar-refractivity contribution in [2.45, 2.75) is 39.7 Å². The fraction of sp³-hybridized carbons (Fsp3) is 0.259. The predicted molar refractivity (Wildman–Crippen MR) is 141 cm³/mol. The molecule has 1 heterocycles. The number of carbonyl (C=O) groups excluding carboxylic acids is 2. The van der Waals surface area contributed by atoms with Crippen molar-refractivity contribution in [1.82, 2.24) is 20.6 Å². The smallest absolute Gasteiger partial charge is 0.267 e. The van der Waals surface area contributed by atoms with Crippen molar-refractivity contribution in [3.05, 3.63) is 86.4 Å². The molecule has 0 spiro atoms. The van der Waals surface area contributed by atoms with E-state index in [0.29, 0.717) is 27.9 Å². The number of H-pyrrole nitrogens is 1. The van der Waals surface area contributed by atoms with Gasteiger partial charge in [0.2, 0.25) is 0 Å². The normalized spacial score (nSPS) is 11.5. The van der Waals surface area contributed by atoms with E-state index in [0.717, 1.165) is 5.56 Å². The molecule has 0 unspecified atom stereocenters. The second-order valence-corrected chi connectivity index (χ2v) is 9.11. The highest BCUT2D eigenvalue weighted by atomic mass is 35.5. The molecule has 2 amide bonds. The maximum atomic E-state index is 12.8. The van der Waals surface area contributed by atoms with Crippen LogP contribution in [0.3, 0.4) is 0 Å². The van der Waals surface area contributed by atoms with Gasteiger partial charge in [0.1, 0.15) is 17.3 Å². The molecule has 0 saturated carbocycles. The molecule has 0 bridgehead atoms. The van der Waals surface area contributed by atoms with Crippen LogP contribution in [0.5, 0.6) is 5.75 Å². The Labute approximate surface area is 214 Å². The van der Waals surface area contributed by atoms with E-state index in [1.165, 1.54) is 19.2 Å². The number of ether oxygens (including phenoxy) is 1. The summed E-state index contributed by atoms with van der Waals surface area (Å²) in [6.07, 6.45) is 1.49. The van der Waals surface area contributed by atoms with Crippen molar-refractivity contribution in [3.63, 3.8) is 0 Å². The van der Waals surface area contributed by atoms with Crippen molar-refractivity contribution < 1.29 is 14.3 Å². The van der Waals surface area contributed by atoms with Gasteiger partial charge in [-0.15, -0.1) is 0 Å². The molecule has 0 aliphatic rings. The molecule has 0 fully saturated rings. The fourth-order valence-corrected chi connectivity index (χ4v) is 3.52. The summed E-state index contributed by atoms with van der Waals surface area (Å²) < 4.78 is 5.60. The van der Waals surface area contributed by atoms with Crippen LogP contribution in [0.4, 0.5) is 0 Å². The molecule has 0 aliphatic heterocycles. The lowest BCUT2D eigenvalue weighted by molar-refractivity contribution is -0.117. The topological polar surface area (TPSA) is 113 Å². The first-order valence-corrected chi connectivity index (χ1v) is 11.9. The monoisotopic (exact) mass is 508 g/mol. The van der Waals surface area contributed by atoms with Gasteiger partial charge < -0.3 is 20.4 Å². The number of halogens is 1. The van der Waals surface area contributed by atoms with Gasteiger partial charge >= 0.3 is 0 Å². The number of amides is 2. The SMILES string of the molecule is CNC(=O)/C(=C\c1ccc(-c2nc(C(C)C)cc(=O)[nH]2)cc1)NC(=O)c1ccc(OC(C)C)c(Cl)c1. The lowest BCUT2D eigenvalue weighted by Gasteiger charge is -2.13. The minimum Gasteiger partial charge on any atom is -0.489 e. The summed E-state index contributed by atoms with van der Waals surface area (Å²) in [6, 6.07) is 13.3. The van der Waals surface area contributed by atoms with Gasteiger partial charge in [0, 0.05) is 24.2 Å². The van der Waals surface area contributed by atoms with Crippen molar-refractivity contribution >= 4 is 29.5 Å². The van der Waals surface area contributed by atoms with Crippen LogP contribution in [0.15, 0.2) is 59.0 Å². The largest absolute Gasteiger partial charge is 0.489 e. The molecule has 2 aromatic carbocycles. The van der Waals surface area contributed by atoms with Crippen molar-refractivity contribution in [2.75, 3.05) is 7.05 Å². The van der Waals surface area contributed by atoms with Gasteiger partial charge in [0.15, 0.2) is 0 Å². The van der Waals surface area contributed by atoms with E-state index in [1.54, 1.807) is 42.5 Å². The molecule has 3 rings (SSSR count). The minimum atomic E-state index is -0.494. The Hall–Kier alpha value is -3.91. The number of nitrogens with zero attached hydrogens (tertiary/aromatic N) is 1. The number of rotatable bonds is 8. The summed E-state index contributed by atoms with van der Waals surface area (Å²) in [5.41, 5.74) is 2.20. The Morgan fingerprint density at radius 3 is 2.33 bits per heavy atom. The summed E-state index contributed by atoms with van der Waals surface area (Å²) >= 11 is 6.25. The van der Waals surface area contributed by atoms with Gasteiger partial charge in [0.05, 0.1) is 16.8 Å². The average molecular weight is 509 g/mol. The third kappa shape index (κ3) is 6.82. The number of benzene rings is 2. The summed E-state index contributed by atoms with van der Waals surface area (Å²) in [7, 11) is 1.48. The highest BCUT2D eigenvalue weighted by Crippen LogP contribution is 2.26. The number of hydrogen-bond donors (Lipinski definition) is 3. The zero-order chi connectivity index (χ0) is 26.4. The van der Waals surface area contributed by atoms with Gasteiger partial charge in [-0.2, -0.15) is 0 Å². The van der Waals surface area contributed by atoms with E-state index in [-0.39, 0.29) is 28.8 Å². The van der Waals surface area contributed by atoms with E-state index < -0.39 is 11.8 Å². The van der Waals surface area contributed by atoms with Crippen LogP contribution >= 0.6 is 11.6 Å². The average Bonchev–Trinajstić information content (AvgIpc) is 2.84. The lowest BCUT2D eigenvalue weighted by atomic mass is 10.1. The first kappa shape index (κ1) is 26.7. The van der Waals surface area contributed by atoms with Gasteiger partial charge in [-0.05, 0) is 49.6 Å². The Morgan fingerprint density at radius 2 is 1.75 bits per heavy atom. The Morgan fingerprint density at radius 1 is 1.06 bits per heavy atom. The molecular weight excluding hydrogens is 480 g/mol. The van der Waals surface area contributed by atoms with Crippen LogP contribution in [-0.4, -0.2) is 34.9 Å². The fourth-order valence-electron chi connectivity index (χ4n) is 3.29. The molecule has 36 heavy (non-hydrogen) atoms. The Balaban J connectivity index is 1.85. The number of nitrogens with one attached hydrogen (secondary N) is 3. The van der Waals surface area contributed by atoms with Crippen LogP contribution < -0.4 is 20.9 Å². The van der Waals surface area contributed by atoms with Gasteiger partial charge in [0.25, 0.3) is 17.4 Å². The number of hydrogen-bond acceptors (Lipinski definition) is 5. The number of likely N-dealkylation sites (N-methyl/N-ethyl adjacent to an activating group) is 1. The molecule has 0 saturated heterocycles. The predicted octanol–water partition coefficient (Wildman–Crippen LogP) is 4.52. The lowest BCUT2D eigenvalue weighted by Crippen LogP contribution is -2.33. The van der Waals surface area contributed by atoms with Crippen LogP contribution in [0.1, 0.15) is 55.2 Å². The van der Waals surface area contributed by atoms with Crippen LogP contribution in [0.2, 0.25) is 5.02 Å². The Kier molecular flexibility index (Phi) is 8.66. The zero-order valence-electron chi connectivity index (χ0n) is 20.8. The molecule has 3 aromatic rings. The molecule has 9 heteroatoms. The summed E-state index contributed by atoms with van der Waals surface area (Å²) in [5, 5.41) is 5.47. The quantitative estimate of drug-likeness (QED) is 0.387. The highest BCUT2D eigenvalue weighted by Gasteiger charge is 2.16. The standard InChI is InChI=1S/C27H29ClN4O4/c1-15(2)21-14-24(33)32-25(30-21)18-8-6-17(7-9-18)12-22(27(35)29-5)31-26(34)19-10-11-23(20(28)13-19)36-16(3)4/h6-16H,1-5H3,(H,29,35)(H,31,34)(H,30,32,33)/b22-12+. The minimum absolute atomic E-state index is 0.0576. The first-order chi connectivity index (χ1) is 17.1. The first-order valence-electron chi connectivity index (χ1n) is 11.5. The molecule has 0 atom stereocenters. The number of aromatic nitrogens is 2. The summed E-state index contributed by atoms with van der Waals surface area (Å²) in [6.45, 7) is 7.69. The van der Waals surface area contributed by atoms with Gasteiger partial charge in [-0.3, -0.25) is 14.4 Å². The number of carbonyl (C=O) groups is 2. The van der Waals surface area contributed by atoms with E-state index in [1.807, 2.05) is 27.7 Å². The third-order valence-electron chi connectivity index (χ3n) is 5.12. The molecule has 188 valence electrons. The summed E-state index contributed by atoms with van der Waals surface area (Å²) in [5.74, 6) is 0.0879. The molecule has 0 radical (unpaired) electrons. The second kappa shape index (κ2) is 11.7. The van der Waals surface area contributed by atoms with Crippen molar-refractivity contribution in [2.24, 2.45) is 0 Å². The van der Waals surface area contributed by atoms with Crippen LogP contribution in [-0.2, 0) is 4.79 Å². The van der Waals surface area contributed by atoms with E-state index >= 15 is 0 Å². The number of aromatic amines is 1. The van der Waals surface area contributed by atoms with Crippen molar-refractivity contribution in [3.8, 4) is 17.1 Å². The zero-order valence-corrected chi connectivity index (χ0v) is 21.6. The maximum absolute atomic E-state index is 12.8. The van der Waals surface area contributed by atoms with Crippen LogP contribution in [0.25, 0.3) is 17.5 Å².